The van der Waals surface area contributed by atoms with E-state index in [1.54, 1.807) is 0 Å². The molecule has 0 bridgehead atoms. The van der Waals surface area contributed by atoms with E-state index in [1.165, 1.54) is 22.3 Å². The molecule has 1 aromatic carbocycles. The number of nitrogens with two attached hydrogens (primary N) is 1. The van der Waals surface area contributed by atoms with E-state index in [1.807, 2.05) is 0 Å². The second-order valence-corrected chi connectivity index (χ2v) is 6.64. The van der Waals surface area contributed by atoms with E-state index < -0.39 is 0 Å². The topological polar surface area (TPSA) is 29.3 Å². The monoisotopic (exact) mass is 248 g/mol. The van der Waals surface area contributed by atoms with Crippen LogP contribution in [-0.2, 0) is 5.41 Å². The van der Waals surface area contributed by atoms with E-state index in [2.05, 4.69) is 65.7 Å². The molecule has 1 unspecified atom stereocenters. The first kappa shape index (κ1) is 15.2. The van der Waals surface area contributed by atoms with E-state index in [0.717, 1.165) is 6.54 Å². The van der Waals surface area contributed by atoms with Crippen LogP contribution in [0, 0.1) is 13.8 Å². The second-order valence-electron chi connectivity index (χ2n) is 6.64. The maximum absolute atomic E-state index is 6.32. The maximum atomic E-state index is 6.32. The van der Waals surface area contributed by atoms with Gasteiger partial charge in [-0.05, 0) is 55.6 Å². The zero-order valence-corrected chi connectivity index (χ0v) is 13.0. The first-order valence-electron chi connectivity index (χ1n) is 6.65. The Kier molecular flexibility index (Phi) is 4.57. The standard InChI is InChI=1S/C16H28N2/c1-11-8-13(16(3,4)5)9-12(2)15(11)14(17)10-18(6)7/h8-9,14H,10,17H2,1-7H3. The largest absolute Gasteiger partial charge is 0.323 e. The van der Waals surface area contributed by atoms with Gasteiger partial charge in [0.05, 0.1) is 0 Å². The second kappa shape index (κ2) is 5.41. The van der Waals surface area contributed by atoms with E-state index >= 15 is 0 Å². The molecule has 1 atom stereocenters. The molecule has 2 nitrogen and oxygen atoms in total. The minimum atomic E-state index is 0.0917. The third-order valence-electron chi connectivity index (χ3n) is 3.39. The van der Waals surface area contributed by atoms with E-state index in [-0.39, 0.29) is 11.5 Å². The number of aryl methyl sites for hydroxylation is 2. The predicted molar refractivity (Wildman–Crippen MR) is 80.1 cm³/mol. The molecular weight excluding hydrogens is 220 g/mol. The van der Waals surface area contributed by atoms with Crippen LogP contribution in [0.1, 0.15) is 49.1 Å². The summed E-state index contributed by atoms with van der Waals surface area (Å²) in [4.78, 5) is 2.14. The average Bonchev–Trinajstić information content (AvgIpc) is 2.13. The average molecular weight is 248 g/mol. The summed E-state index contributed by atoms with van der Waals surface area (Å²) in [6, 6.07) is 4.67. The highest BCUT2D eigenvalue weighted by Gasteiger charge is 2.19. The molecule has 0 spiro atoms. The van der Waals surface area contributed by atoms with Gasteiger partial charge in [-0.15, -0.1) is 0 Å². The molecule has 0 saturated heterocycles. The predicted octanol–water partition coefficient (Wildman–Crippen LogP) is 3.16. The smallest absolute Gasteiger partial charge is 0.0429 e. The first-order valence-corrected chi connectivity index (χ1v) is 6.65. The van der Waals surface area contributed by atoms with Crippen LogP contribution in [0.5, 0.6) is 0 Å². The van der Waals surface area contributed by atoms with Crippen molar-refractivity contribution in [3.8, 4) is 0 Å². The van der Waals surface area contributed by atoms with Gasteiger partial charge in [-0.25, -0.2) is 0 Å². The Morgan fingerprint density at radius 1 is 1.11 bits per heavy atom. The molecule has 1 aromatic rings. The van der Waals surface area contributed by atoms with Gasteiger partial charge in [0, 0.05) is 12.6 Å². The molecule has 0 aliphatic rings. The SMILES string of the molecule is Cc1cc(C(C)(C)C)cc(C)c1C(N)CN(C)C. The van der Waals surface area contributed by atoms with Crippen molar-refractivity contribution in [3.05, 3.63) is 34.4 Å². The highest BCUT2D eigenvalue weighted by atomic mass is 15.1. The van der Waals surface area contributed by atoms with Gasteiger partial charge in [0.25, 0.3) is 0 Å². The molecule has 2 N–H and O–H groups in total. The summed E-state index contributed by atoms with van der Waals surface area (Å²) in [5, 5.41) is 0. The molecule has 0 radical (unpaired) electrons. The van der Waals surface area contributed by atoms with Crippen LogP contribution in [0.3, 0.4) is 0 Å². The Morgan fingerprint density at radius 3 is 1.89 bits per heavy atom. The van der Waals surface area contributed by atoms with Crippen molar-refractivity contribution in [2.45, 2.75) is 46.1 Å². The molecule has 2 heteroatoms. The highest BCUT2D eigenvalue weighted by molar-refractivity contribution is 5.42. The van der Waals surface area contributed by atoms with Crippen molar-refractivity contribution in [2.75, 3.05) is 20.6 Å². The van der Waals surface area contributed by atoms with Crippen molar-refractivity contribution in [1.82, 2.24) is 4.90 Å². The fourth-order valence-electron chi connectivity index (χ4n) is 2.48. The normalized spacial score (nSPS) is 14.1. The zero-order chi connectivity index (χ0) is 14.1. The molecule has 0 aliphatic carbocycles. The Labute approximate surface area is 112 Å². The number of benzene rings is 1. The lowest BCUT2D eigenvalue weighted by molar-refractivity contribution is 0.375. The van der Waals surface area contributed by atoms with Gasteiger partial charge >= 0.3 is 0 Å². The van der Waals surface area contributed by atoms with Crippen molar-refractivity contribution in [3.63, 3.8) is 0 Å². The lowest BCUT2D eigenvalue weighted by atomic mass is 9.82. The van der Waals surface area contributed by atoms with Crippen LogP contribution in [0.4, 0.5) is 0 Å². The van der Waals surface area contributed by atoms with E-state index in [9.17, 15) is 0 Å². The maximum Gasteiger partial charge on any atom is 0.0429 e. The molecule has 18 heavy (non-hydrogen) atoms. The van der Waals surface area contributed by atoms with Crippen molar-refractivity contribution < 1.29 is 0 Å². The van der Waals surface area contributed by atoms with Crippen molar-refractivity contribution in [2.24, 2.45) is 5.73 Å². The van der Waals surface area contributed by atoms with Gasteiger partial charge in [-0.2, -0.15) is 0 Å². The molecule has 102 valence electrons. The third kappa shape index (κ3) is 3.56. The van der Waals surface area contributed by atoms with Crippen molar-refractivity contribution in [1.29, 1.82) is 0 Å². The first-order chi connectivity index (χ1) is 8.12. The van der Waals surface area contributed by atoms with Gasteiger partial charge in [-0.1, -0.05) is 32.9 Å². The summed E-state index contributed by atoms with van der Waals surface area (Å²) in [5.74, 6) is 0. The van der Waals surface area contributed by atoms with Crippen LogP contribution in [0.2, 0.25) is 0 Å². The molecule has 0 saturated carbocycles. The minimum Gasteiger partial charge on any atom is -0.323 e. The number of hydrogen-bond acceptors (Lipinski definition) is 2. The van der Waals surface area contributed by atoms with Crippen LogP contribution < -0.4 is 5.73 Å². The van der Waals surface area contributed by atoms with Gasteiger partial charge in [0.1, 0.15) is 0 Å². The summed E-state index contributed by atoms with van der Waals surface area (Å²) in [7, 11) is 4.13. The van der Waals surface area contributed by atoms with Crippen LogP contribution in [0.25, 0.3) is 0 Å². The Balaban J connectivity index is 3.17. The molecule has 1 rings (SSSR count). The Hall–Kier alpha value is -0.860. The third-order valence-corrected chi connectivity index (χ3v) is 3.39. The quantitative estimate of drug-likeness (QED) is 0.890. The molecule has 0 aromatic heterocycles. The highest BCUT2D eigenvalue weighted by Crippen LogP contribution is 2.29. The fourth-order valence-corrected chi connectivity index (χ4v) is 2.48. The number of hydrogen-bond donors (Lipinski definition) is 1. The molecule has 0 aliphatic heterocycles. The number of rotatable bonds is 3. The number of nitrogens with zero attached hydrogens (tertiary/aromatic N) is 1. The zero-order valence-electron chi connectivity index (χ0n) is 13.0. The molecule has 0 heterocycles. The van der Waals surface area contributed by atoms with Crippen LogP contribution in [-0.4, -0.2) is 25.5 Å². The molecular formula is C16H28N2. The summed E-state index contributed by atoms with van der Waals surface area (Å²) in [6.07, 6.45) is 0. The Morgan fingerprint density at radius 2 is 1.56 bits per heavy atom. The lowest BCUT2D eigenvalue weighted by Gasteiger charge is -2.25. The minimum absolute atomic E-state index is 0.0917. The lowest BCUT2D eigenvalue weighted by Crippen LogP contribution is -2.27. The fraction of sp³-hybridized carbons (Fsp3) is 0.625. The van der Waals surface area contributed by atoms with Gasteiger partial charge in [0.15, 0.2) is 0 Å². The number of likely N-dealkylation sites (N-methyl/N-ethyl adjacent to an activating group) is 1. The van der Waals surface area contributed by atoms with Gasteiger partial charge in [0.2, 0.25) is 0 Å². The molecule has 0 amide bonds. The summed E-state index contributed by atoms with van der Waals surface area (Å²) in [6.45, 7) is 12.0. The molecule has 0 fully saturated rings. The summed E-state index contributed by atoms with van der Waals surface area (Å²) in [5.41, 5.74) is 11.8. The Bertz CT molecular complexity index is 391. The summed E-state index contributed by atoms with van der Waals surface area (Å²) < 4.78 is 0. The van der Waals surface area contributed by atoms with Crippen LogP contribution >= 0.6 is 0 Å². The van der Waals surface area contributed by atoms with Crippen LogP contribution in [0.15, 0.2) is 12.1 Å². The van der Waals surface area contributed by atoms with Gasteiger partial charge < -0.3 is 10.6 Å². The van der Waals surface area contributed by atoms with E-state index in [0.29, 0.717) is 0 Å². The summed E-state index contributed by atoms with van der Waals surface area (Å²) >= 11 is 0. The van der Waals surface area contributed by atoms with Gasteiger partial charge in [-0.3, -0.25) is 0 Å². The van der Waals surface area contributed by atoms with E-state index in [4.69, 9.17) is 5.73 Å². The van der Waals surface area contributed by atoms with Crippen molar-refractivity contribution >= 4 is 0 Å².